The van der Waals surface area contributed by atoms with Crippen LogP contribution in [-0.4, -0.2) is 65.1 Å². The molecular weight excluding hydrogens is 240 g/mol. The van der Waals surface area contributed by atoms with Gasteiger partial charge < -0.3 is 19.7 Å². The van der Waals surface area contributed by atoms with Crippen LogP contribution in [0.4, 0.5) is 0 Å². The van der Waals surface area contributed by atoms with Crippen molar-refractivity contribution in [3.63, 3.8) is 0 Å². The molecule has 0 saturated carbocycles. The number of hydrogen-bond donors (Lipinski definition) is 1. The van der Waals surface area contributed by atoms with Crippen molar-refractivity contribution < 1.29 is 9.47 Å². The lowest BCUT2D eigenvalue weighted by atomic mass is 9.93. The molecule has 1 fully saturated rings. The summed E-state index contributed by atoms with van der Waals surface area (Å²) in [6.45, 7) is 7.50. The van der Waals surface area contributed by atoms with E-state index < -0.39 is 0 Å². The topological polar surface area (TPSA) is 33.7 Å². The maximum atomic E-state index is 5.19. The van der Waals surface area contributed by atoms with Gasteiger partial charge in [-0.3, -0.25) is 0 Å². The van der Waals surface area contributed by atoms with E-state index in [4.69, 9.17) is 9.47 Å². The molecule has 0 bridgehead atoms. The second-order valence-electron chi connectivity index (χ2n) is 5.52. The van der Waals surface area contributed by atoms with Crippen LogP contribution >= 0.6 is 0 Å². The van der Waals surface area contributed by atoms with Gasteiger partial charge in [0, 0.05) is 33.9 Å². The molecule has 1 heterocycles. The van der Waals surface area contributed by atoms with Crippen LogP contribution in [0.1, 0.15) is 32.1 Å². The van der Waals surface area contributed by atoms with Crippen LogP contribution in [0, 0.1) is 5.92 Å². The summed E-state index contributed by atoms with van der Waals surface area (Å²) in [5.41, 5.74) is 0. The first-order valence-electron chi connectivity index (χ1n) is 7.77. The van der Waals surface area contributed by atoms with E-state index in [1.54, 1.807) is 14.2 Å². The number of ether oxygens (including phenoxy) is 2. The molecule has 1 rings (SSSR count). The molecule has 4 nitrogen and oxygen atoms in total. The van der Waals surface area contributed by atoms with Crippen molar-refractivity contribution in [3.8, 4) is 0 Å². The van der Waals surface area contributed by atoms with Crippen LogP contribution in [0.5, 0.6) is 0 Å². The number of rotatable bonds is 11. The lowest BCUT2D eigenvalue weighted by Gasteiger charge is -2.25. The fourth-order valence-electron chi connectivity index (χ4n) is 2.76. The fourth-order valence-corrected chi connectivity index (χ4v) is 2.76. The largest absolute Gasteiger partial charge is 0.385 e. The van der Waals surface area contributed by atoms with Crippen LogP contribution in [0.2, 0.25) is 0 Å². The molecule has 114 valence electrons. The van der Waals surface area contributed by atoms with Crippen molar-refractivity contribution >= 4 is 0 Å². The highest BCUT2D eigenvalue weighted by Gasteiger charge is 2.13. The molecule has 1 saturated heterocycles. The summed E-state index contributed by atoms with van der Waals surface area (Å²) in [6, 6.07) is 0. The second kappa shape index (κ2) is 11.6. The maximum absolute atomic E-state index is 5.19. The minimum absolute atomic E-state index is 0.834. The normalized spacial score (nSPS) is 17.2. The van der Waals surface area contributed by atoms with Gasteiger partial charge in [-0.2, -0.15) is 0 Å². The van der Waals surface area contributed by atoms with Crippen LogP contribution in [0.25, 0.3) is 0 Å². The van der Waals surface area contributed by atoms with E-state index in [2.05, 4.69) is 10.2 Å². The third-order valence-corrected chi connectivity index (χ3v) is 3.98. The van der Waals surface area contributed by atoms with Gasteiger partial charge in [-0.15, -0.1) is 0 Å². The summed E-state index contributed by atoms with van der Waals surface area (Å²) in [5.74, 6) is 0.949. The number of nitrogens with one attached hydrogen (secondary N) is 1. The first kappa shape index (κ1) is 16.9. The van der Waals surface area contributed by atoms with Gasteiger partial charge in [0.05, 0.1) is 6.61 Å². The van der Waals surface area contributed by atoms with Gasteiger partial charge >= 0.3 is 0 Å². The Labute approximate surface area is 118 Å². The lowest BCUT2D eigenvalue weighted by molar-refractivity contribution is 0.130. The lowest BCUT2D eigenvalue weighted by Crippen LogP contribution is -2.31. The minimum Gasteiger partial charge on any atom is -0.385 e. The molecule has 1 aliphatic rings. The van der Waals surface area contributed by atoms with Crippen LogP contribution < -0.4 is 5.32 Å². The quantitative estimate of drug-likeness (QED) is 0.581. The first-order valence-corrected chi connectivity index (χ1v) is 7.77. The Morgan fingerprint density at radius 1 is 0.947 bits per heavy atom. The Hall–Kier alpha value is -0.160. The van der Waals surface area contributed by atoms with Crippen molar-refractivity contribution in [1.82, 2.24) is 10.2 Å². The molecule has 0 aromatic heterocycles. The van der Waals surface area contributed by atoms with E-state index in [0.717, 1.165) is 38.6 Å². The molecule has 0 spiro atoms. The predicted molar refractivity (Wildman–Crippen MR) is 79.6 cm³/mol. The molecule has 19 heavy (non-hydrogen) atoms. The Balaban J connectivity index is 2.11. The van der Waals surface area contributed by atoms with Gasteiger partial charge in [-0.1, -0.05) is 0 Å². The van der Waals surface area contributed by atoms with Gasteiger partial charge in [0.15, 0.2) is 0 Å². The van der Waals surface area contributed by atoms with Gasteiger partial charge in [0.1, 0.15) is 0 Å². The number of hydrogen-bond acceptors (Lipinski definition) is 4. The Morgan fingerprint density at radius 2 is 1.63 bits per heavy atom. The van der Waals surface area contributed by atoms with Crippen molar-refractivity contribution in [2.45, 2.75) is 32.1 Å². The third-order valence-electron chi connectivity index (χ3n) is 3.98. The second-order valence-corrected chi connectivity index (χ2v) is 5.52. The average molecular weight is 272 g/mol. The zero-order chi connectivity index (χ0) is 13.8. The summed E-state index contributed by atoms with van der Waals surface area (Å²) >= 11 is 0. The molecule has 4 heteroatoms. The summed E-state index contributed by atoms with van der Waals surface area (Å²) in [5, 5.41) is 3.44. The zero-order valence-electron chi connectivity index (χ0n) is 12.8. The third kappa shape index (κ3) is 8.58. The maximum Gasteiger partial charge on any atom is 0.0589 e. The van der Waals surface area contributed by atoms with E-state index in [9.17, 15) is 0 Å². The summed E-state index contributed by atoms with van der Waals surface area (Å²) in [6.07, 6.45) is 6.55. The van der Waals surface area contributed by atoms with E-state index in [0.29, 0.717) is 0 Å². The summed E-state index contributed by atoms with van der Waals surface area (Å²) in [4.78, 5) is 2.52. The van der Waals surface area contributed by atoms with Crippen LogP contribution in [0.15, 0.2) is 0 Å². The molecule has 0 radical (unpaired) electrons. The molecule has 0 unspecified atom stereocenters. The molecule has 1 aliphatic heterocycles. The molecule has 0 aliphatic carbocycles. The number of methoxy groups -OCH3 is 2. The monoisotopic (exact) mass is 272 g/mol. The molecule has 0 amide bonds. The van der Waals surface area contributed by atoms with Crippen molar-refractivity contribution in [3.05, 3.63) is 0 Å². The van der Waals surface area contributed by atoms with Gasteiger partial charge in [0.25, 0.3) is 0 Å². The number of nitrogens with zero attached hydrogens (tertiary/aromatic N) is 1. The van der Waals surface area contributed by atoms with Crippen LogP contribution in [-0.2, 0) is 9.47 Å². The molecule has 0 atom stereocenters. The summed E-state index contributed by atoms with van der Waals surface area (Å²) in [7, 11) is 3.55. The highest BCUT2D eigenvalue weighted by molar-refractivity contribution is 4.69. The summed E-state index contributed by atoms with van der Waals surface area (Å²) < 4.78 is 10.3. The Kier molecular flexibility index (Phi) is 10.4. The smallest absolute Gasteiger partial charge is 0.0589 e. The standard InChI is InChI=1S/C15H32N2O2/c1-18-13-4-11-17(12-14-19-2)10-3-5-15-6-8-16-9-7-15/h15-16H,3-14H2,1-2H3. The van der Waals surface area contributed by atoms with Gasteiger partial charge in [-0.25, -0.2) is 0 Å². The predicted octanol–water partition coefficient (Wildman–Crippen LogP) is 1.75. The highest BCUT2D eigenvalue weighted by Crippen LogP contribution is 2.17. The molecule has 1 N–H and O–H groups in total. The van der Waals surface area contributed by atoms with E-state index >= 15 is 0 Å². The highest BCUT2D eigenvalue weighted by atomic mass is 16.5. The molecule has 0 aromatic carbocycles. The van der Waals surface area contributed by atoms with Crippen molar-refractivity contribution in [2.75, 3.05) is 60.2 Å². The van der Waals surface area contributed by atoms with E-state index in [-0.39, 0.29) is 0 Å². The SMILES string of the molecule is COCCCN(CCCC1CCNCC1)CCOC. The first-order chi connectivity index (χ1) is 9.36. The van der Waals surface area contributed by atoms with Gasteiger partial charge in [-0.05, 0) is 57.7 Å². The Bertz CT molecular complexity index is 197. The fraction of sp³-hybridized carbons (Fsp3) is 1.00. The molecule has 0 aromatic rings. The van der Waals surface area contributed by atoms with Crippen LogP contribution in [0.3, 0.4) is 0 Å². The molecular formula is C15H32N2O2. The Morgan fingerprint density at radius 3 is 2.32 bits per heavy atom. The zero-order valence-corrected chi connectivity index (χ0v) is 12.8. The van der Waals surface area contributed by atoms with E-state index in [1.807, 2.05) is 0 Å². The van der Waals surface area contributed by atoms with Crippen molar-refractivity contribution in [2.24, 2.45) is 5.92 Å². The van der Waals surface area contributed by atoms with Crippen molar-refractivity contribution in [1.29, 1.82) is 0 Å². The minimum atomic E-state index is 0.834. The van der Waals surface area contributed by atoms with Gasteiger partial charge in [0.2, 0.25) is 0 Å². The average Bonchev–Trinajstić information content (AvgIpc) is 2.45. The number of piperidine rings is 1. The van der Waals surface area contributed by atoms with E-state index in [1.165, 1.54) is 45.3 Å².